The minimum Gasteiger partial charge on any atom is -0.282 e. The smallest absolute Gasteiger partial charge is 0.282 e. The molecular weight excluding hydrogens is 512 g/mol. The lowest BCUT2D eigenvalue weighted by Gasteiger charge is -2.30. The molecule has 1 N–H and O–H groups in total. The molecule has 0 aromatic heterocycles. The van der Waals surface area contributed by atoms with E-state index in [0.717, 1.165) is 62.5 Å². The van der Waals surface area contributed by atoms with Gasteiger partial charge in [-0.25, -0.2) is 0 Å². The molecule has 0 amide bonds. The fourth-order valence-corrected chi connectivity index (χ4v) is 9.81. The summed E-state index contributed by atoms with van der Waals surface area (Å²) in [4.78, 5) is 0.269. The second kappa shape index (κ2) is 12.7. The van der Waals surface area contributed by atoms with Crippen LogP contribution < -0.4 is 0 Å². The van der Waals surface area contributed by atoms with E-state index in [1.54, 1.807) is 0 Å². The van der Waals surface area contributed by atoms with Crippen LogP contribution in [0.15, 0.2) is 35.2 Å². The van der Waals surface area contributed by atoms with Crippen molar-refractivity contribution in [1.29, 1.82) is 0 Å². The Hall–Kier alpha value is -1.65. The molecule has 0 unspecified atom stereocenters. The Morgan fingerprint density at radius 2 is 0.775 bits per heavy atom. The summed E-state index contributed by atoms with van der Waals surface area (Å²) < 4.78 is 36.8. The van der Waals surface area contributed by atoms with Gasteiger partial charge < -0.3 is 0 Å². The summed E-state index contributed by atoms with van der Waals surface area (Å²) in [5, 5.41) is 0. The Morgan fingerprint density at radius 3 is 1.12 bits per heavy atom. The lowest BCUT2D eigenvalue weighted by molar-refractivity contribution is 0.419. The second-order valence-electron chi connectivity index (χ2n) is 13.7. The molecule has 40 heavy (non-hydrogen) atoms. The van der Waals surface area contributed by atoms with E-state index in [1.807, 2.05) is 0 Å². The fourth-order valence-electron chi connectivity index (χ4n) is 8.76. The second-order valence-corrected chi connectivity index (χ2v) is 15.0. The van der Waals surface area contributed by atoms with E-state index >= 15 is 0 Å². The third kappa shape index (κ3) is 6.38. The van der Waals surface area contributed by atoms with Gasteiger partial charge in [0.1, 0.15) is 4.90 Å². The van der Waals surface area contributed by atoms with Gasteiger partial charge in [0.25, 0.3) is 10.1 Å². The van der Waals surface area contributed by atoms with E-state index in [-0.39, 0.29) is 16.7 Å². The van der Waals surface area contributed by atoms with E-state index in [0.29, 0.717) is 11.8 Å². The van der Waals surface area contributed by atoms with Gasteiger partial charge in [-0.3, -0.25) is 4.55 Å². The van der Waals surface area contributed by atoms with Crippen molar-refractivity contribution in [1.82, 2.24) is 0 Å². The third-order valence-electron chi connectivity index (χ3n) is 11.0. The largest absolute Gasteiger partial charge is 0.295 e. The van der Waals surface area contributed by atoms with Crippen LogP contribution in [0.1, 0.15) is 174 Å². The van der Waals surface area contributed by atoms with Crippen molar-refractivity contribution in [2.75, 3.05) is 0 Å². The van der Waals surface area contributed by atoms with Crippen LogP contribution in [0, 0.1) is 0 Å². The first-order valence-corrected chi connectivity index (χ1v) is 18.2. The van der Waals surface area contributed by atoms with Crippen LogP contribution in [0.3, 0.4) is 0 Å². The molecule has 4 aliphatic rings. The van der Waals surface area contributed by atoms with Gasteiger partial charge in [-0.05, 0) is 121 Å². The van der Waals surface area contributed by atoms with Crippen LogP contribution in [-0.4, -0.2) is 13.0 Å². The molecule has 2 aromatic carbocycles. The Kier molecular flexibility index (Phi) is 9.04. The Labute approximate surface area is 243 Å². The van der Waals surface area contributed by atoms with E-state index in [2.05, 4.69) is 30.3 Å². The fraction of sp³-hybridized carbons (Fsp3) is 0.667. The lowest BCUT2D eigenvalue weighted by Crippen LogP contribution is -2.17. The molecule has 4 heteroatoms. The lowest BCUT2D eigenvalue weighted by atomic mass is 9.76. The highest BCUT2D eigenvalue weighted by Crippen LogP contribution is 2.46. The molecule has 6 rings (SSSR count). The molecule has 218 valence electrons. The van der Waals surface area contributed by atoms with Gasteiger partial charge >= 0.3 is 0 Å². The number of rotatable bonds is 6. The standard InChI is InChI=1S/C36H50O3S/c37-40(38,39)36-34(28-17-9-3-10-18-28)24-33(25-35(36)29-19-11-4-12-20-29)32-22-30(26-13-5-1-6-14-26)21-31(23-32)27-15-7-2-8-16-27/h21-29H,1-20H2,(H,37,38,39). The molecule has 4 fully saturated rings. The first kappa shape index (κ1) is 28.5. The molecule has 4 saturated carbocycles. The molecule has 2 aromatic rings. The molecule has 0 spiro atoms. The summed E-state index contributed by atoms with van der Waals surface area (Å²) in [7, 11) is -4.31. The third-order valence-corrected chi connectivity index (χ3v) is 11.9. The zero-order valence-corrected chi connectivity index (χ0v) is 25.3. The molecule has 0 atom stereocenters. The predicted molar refractivity (Wildman–Crippen MR) is 165 cm³/mol. The molecule has 4 aliphatic carbocycles. The summed E-state index contributed by atoms with van der Waals surface area (Å²) in [5.41, 5.74) is 7.29. The first-order valence-electron chi connectivity index (χ1n) is 16.8. The molecule has 0 bridgehead atoms. The zero-order valence-electron chi connectivity index (χ0n) is 24.5. The summed E-state index contributed by atoms with van der Waals surface area (Å²) in [6.45, 7) is 0. The van der Waals surface area contributed by atoms with Crippen molar-refractivity contribution in [2.45, 2.75) is 157 Å². The molecule has 0 aliphatic heterocycles. The maximum atomic E-state index is 13.1. The van der Waals surface area contributed by atoms with Gasteiger partial charge in [-0.1, -0.05) is 95.2 Å². The quantitative estimate of drug-likeness (QED) is 0.356. The number of hydrogen-bond donors (Lipinski definition) is 1. The highest BCUT2D eigenvalue weighted by molar-refractivity contribution is 7.86. The van der Waals surface area contributed by atoms with Gasteiger partial charge in [-0.2, -0.15) is 8.42 Å². The van der Waals surface area contributed by atoms with Gasteiger partial charge in [0.05, 0.1) is 0 Å². The van der Waals surface area contributed by atoms with Crippen molar-refractivity contribution in [3.8, 4) is 11.1 Å². The Bertz CT molecular complexity index is 1180. The topological polar surface area (TPSA) is 54.4 Å². The van der Waals surface area contributed by atoms with E-state index in [1.165, 1.54) is 99.3 Å². The number of hydrogen-bond acceptors (Lipinski definition) is 2. The zero-order chi connectivity index (χ0) is 27.5. The summed E-state index contributed by atoms with van der Waals surface area (Å²) in [6.07, 6.45) is 24.3. The predicted octanol–water partition coefficient (Wildman–Crippen LogP) is 10.8. The Balaban J connectivity index is 1.52. The van der Waals surface area contributed by atoms with Crippen molar-refractivity contribution in [2.24, 2.45) is 0 Å². The van der Waals surface area contributed by atoms with Gasteiger partial charge in [0, 0.05) is 0 Å². The molecule has 3 nitrogen and oxygen atoms in total. The van der Waals surface area contributed by atoms with Crippen LogP contribution in [0.2, 0.25) is 0 Å². The molecular formula is C36H50O3S. The van der Waals surface area contributed by atoms with Gasteiger partial charge in [0.2, 0.25) is 0 Å². The van der Waals surface area contributed by atoms with Crippen molar-refractivity contribution < 1.29 is 13.0 Å². The SMILES string of the molecule is O=S(=O)(O)c1c(C2CCCCC2)cc(-c2cc(C3CCCCC3)cc(C3CCCCC3)c2)cc1C1CCCCC1. The van der Waals surface area contributed by atoms with Crippen molar-refractivity contribution in [3.05, 3.63) is 52.6 Å². The van der Waals surface area contributed by atoms with E-state index < -0.39 is 10.1 Å². The van der Waals surface area contributed by atoms with E-state index in [4.69, 9.17) is 0 Å². The van der Waals surface area contributed by atoms with Crippen molar-refractivity contribution >= 4 is 10.1 Å². The van der Waals surface area contributed by atoms with E-state index in [9.17, 15) is 13.0 Å². The summed E-state index contributed by atoms with van der Waals surface area (Å²) >= 11 is 0. The normalized spacial score (nSPS) is 22.9. The molecule has 0 radical (unpaired) electrons. The summed E-state index contributed by atoms with van der Waals surface area (Å²) in [5.74, 6) is 1.71. The summed E-state index contributed by atoms with van der Waals surface area (Å²) in [6, 6.07) is 11.8. The number of benzene rings is 2. The van der Waals surface area contributed by atoms with Gasteiger partial charge in [0.15, 0.2) is 0 Å². The van der Waals surface area contributed by atoms with Crippen LogP contribution in [0.4, 0.5) is 0 Å². The average Bonchev–Trinajstić information content (AvgIpc) is 3.01. The van der Waals surface area contributed by atoms with Crippen LogP contribution in [0.25, 0.3) is 11.1 Å². The maximum absolute atomic E-state index is 13.1. The average molecular weight is 563 g/mol. The monoisotopic (exact) mass is 562 g/mol. The van der Waals surface area contributed by atoms with Crippen molar-refractivity contribution in [3.63, 3.8) is 0 Å². The minimum atomic E-state index is -4.31. The van der Waals surface area contributed by atoms with Crippen LogP contribution in [-0.2, 0) is 10.1 Å². The van der Waals surface area contributed by atoms with Gasteiger partial charge in [-0.15, -0.1) is 0 Å². The highest BCUT2D eigenvalue weighted by Gasteiger charge is 2.32. The molecule has 0 heterocycles. The van der Waals surface area contributed by atoms with Crippen LogP contribution >= 0.6 is 0 Å². The first-order chi connectivity index (χ1) is 19.5. The minimum absolute atomic E-state index is 0.215. The molecule has 0 saturated heterocycles. The Morgan fingerprint density at radius 1 is 0.450 bits per heavy atom. The van der Waals surface area contributed by atoms with Crippen LogP contribution in [0.5, 0.6) is 0 Å². The maximum Gasteiger partial charge on any atom is 0.295 e. The highest BCUT2D eigenvalue weighted by atomic mass is 32.2.